The zero-order chi connectivity index (χ0) is 20.4. The number of hydrogen-bond acceptors (Lipinski definition) is 7. The topological polar surface area (TPSA) is 104 Å². The lowest BCUT2D eigenvalue weighted by Crippen LogP contribution is -2.59. The first-order chi connectivity index (χ1) is 13.7. The van der Waals surface area contributed by atoms with E-state index in [2.05, 4.69) is 15.3 Å². The zero-order valence-electron chi connectivity index (χ0n) is 16.8. The van der Waals surface area contributed by atoms with Crippen molar-refractivity contribution in [3.05, 3.63) is 30.1 Å². The summed E-state index contributed by atoms with van der Waals surface area (Å²) in [5, 5.41) is 2.88. The second kappa shape index (κ2) is 6.48. The minimum Gasteiger partial charge on any atom is -0.347 e. The maximum atomic E-state index is 13.0. The first kappa shape index (κ1) is 19.0. The predicted octanol–water partition coefficient (Wildman–Crippen LogP) is 1.58. The number of carbonyl (C=O) groups is 1. The molecule has 2 aromatic rings. The number of nitrogens with zero attached hydrogens (tertiary/aromatic N) is 1. The van der Waals surface area contributed by atoms with E-state index in [1.165, 1.54) is 0 Å². The average Bonchev–Trinajstić information content (AvgIpc) is 3.29. The van der Waals surface area contributed by atoms with Crippen molar-refractivity contribution >= 4 is 16.9 Å². The fourth-order valence-electron chi connectivity index (χ4n) is 4.18. The number of amides is 1. The van der Waals surface area contributed by atoms with Crippen molar-refractivity contribution < 1.29 is 28.5 Å². The number of carbonyl (C=O) groups excluding carboxylic acids is 1. The van der Waals surface area contributed by atoms with Gasteiger partial charge in [-0.2, -0.15) is 0 Å². The van der Waals surface area contributed by atoms with Crippen LogP contribution in [0, 0.1) is 0 Å². The maximum absolute atomic E-state index is 13.0. The molecule has 156 valence electrons. The largest absolute Gasteiger partial charge is 0.347 e. The number of hydrogen-bond donors (Lipinski definition) is 2. The summed E-state index contributed by atoms with van der Waals surface area (Å²) < 4.78 is 29.8. The van der Waals surface area contributed by atoms with E-state index in [-0.39, 0.29) is 12.5 Å². The first-order valence-electron chi connectivity index (χ1n) is 9.79. The fourth-order valence-corrected chi connectivity index (χ4v) is 4.18. The van der Waals surface area contributed by atoms with Crippen LogP contribution in [0.5, 0.6) is 0 Å². The summed E-state index contributed by atoms with van der Waals surface area (Å²) in [6.45, 7) is 7.48. The van der Waals surface area contributed by atoms with E-state index in [0.29, 0.717) is 5.82 Å². The quantitative estimate of drug-likeness (QED) is 0.802. The van der Waals surface area contributed by atoms with Gasteiger partial charge in [0.25, 0.3) is 5.91 Å². The van der Waals surface area contributed by atoms with Gasteiger partial charge in [0.2, 0.25) is 0 Å². The van der Waals surface area contributed by atoms with E-state index in [4.69, 9.17) is 23.7 Å². The van der Waals surface area contributed by atoms with Crippen LogP contribution >= 0.6 is 0 Å². The van der Waals surface area contributed by atoms with Gasteiger partial charge in [0.15, 0.2) is 24.0 Å². The lowest BCUT2D eigenvalue weighted by atomic mass is 9.98. The number of para-hydroxylation sites is 2. The normalized spacial score (nSPS) is 34.7. The van der Waals surface area contributed by atoms with E-state index in [1.807, 2.05) is 38.1 Å². The van der Waals surface area contributed by atoms with E-state index in [9.17, 15) is 4.79 Å². The lowest BCUT2D eigenvalue weighted by Gasteiger charge is -2.36. The van der Waals surface area contributed by atoms with Crippen molar-refractivity contribution in [1.29, 1.82) is 0 Å². The Labute approximate surface area is 168 Å². The number of imidazole rings is 1. The molecule has 3 saturated heterocycles. The van der Waals surface area contributed by atoms with Crippen LogP contribution in [0.25, 0.3) is 11.0 Å². The van der Waals surface area contributed by atoms with Gasteiger partial charge in [-0.05, 0) is 39.8 Å². The summed E-state index contributed by atoms with van der Waals surface area (Å²) in [5.41, 5.74) is 1.77. The van der Waals surface area contributed by atoms with Crippen LogP contribution in [0.2, 0.25) is 0 Å². The summed E-state index contributed by atoms with van der Waals surface area (Å²) in [7, 11) is 0. The molecule has 0 aliphatic carbocycles. The molecule has 3 aliphatic rings. The average molecular weight is 403 g/mol. The monoisotopic (exact) mass is 403 g/mol. The van der Waals surface area contributed by atoms with Crippen LogP contribution in [0.3, 0.4) is 0 Å². The fraction of sp³-hybridized carbons (Fsp3) is 0.600. The maximum Gasteiger partial charge on any atom is 0.252 e. The Morgan fingerprint density at radius 2 is 1.72 bits per heavy atom. The Morgan fingerprint density at radius 3 is 2.52 bits per heavy atom. The van der Waals surface area contributed by atoms with Crippen molar-refractivity contribution in [2.45, 2.75) is 76.5 Å². The van der Waals surface area contributed by atoms with Gasteiger partial charge < -0.3 is 34.0 Å². The molecule has 0 bridgehead atoms. The third-order valence-electron chi connectivity index (χ3n) is 5.28. The molecule has 3 fully saturated rings. The molecule has 29 heavy (non-hydrogen) atoms. The van der Waals surface area contributed by atoms with Crippen LogP contribution in [0.15, 0.2) is 24.3 Å². The molecule has 1 amide bonds. The molecule has 2 N–H and O–H groups in total. The Bertz CT molecular complexity index is 908. The number of fused-ring (bicyclic) bond motifs is 4. The number of H-pyrrole nitrogens is 1. The highest BCUT2D eigenvalue weighted by Crippen LogP contribution is 2.44. The van der Waals surface area contributed by atoms with Crippen LogP contribution in [0.4, 0.5) is 0 Å². The number of aromatic nitrogens is 2. The lowest BCUT2D eigenvalue weighted by molar-refractivity contribution is -0.231. The zero-order valence-corrected chi connectivity index (χ0v) is 16.8. The number of ether oxygens (including phenoxy) is 5. The molecule has 0 radical (unpaired) electrons. The van der Waals surface area contributed by atoms with Crippen molar-refractivity contribution in [3.8, 4) is 0 Å². The second-order valence-corrected chi connectivity index (χ2v) is 8.51. The summed E-state index contributed by atoms with van der Waals surface area (Å²) >= 11 is 0. The standard InChI is InChI=1S/C20H25N3O6/c1-19(2)26-13-14(27-19)16-18(29-20(3,4)28-16)25-15(13)17(24)21-9-12-22-10-7-5-6-8-11(10)23-12/h5-8,13-16,18H,9H2,1-4H3,(H,21,24)(H,22,23)/t13-,14+,15-,16-,18+/m1/s1. The number of rotatable bonds is 3. The first-order valence-corrected chi connectivity index (χ1v) is 9.79. The number of aromatic amines is 1. The molecule has 1 aromatic heterocycles. The van der Waals surface area contributed by atoms with Crippen molar-refractivity contribution in [2.75, 3.05) is 0 Å². The molecule has 0 spiro atoms. The summed E-state index contributed by atoms with van der Waals surface area (Å²) in [5.74, 6) is -1.32. The molecule has 9 heteroatoms. The van der Waals surface area contributed by atoms with Crippen LogP contribution in [-0.4, -0.2) is 58.2 Å². The van der Waals surface area contributed by atoms with Crippen LogP contribution < -0.4 is 5.32 Å². The van der Waals surface area contributed by atoms with Crippen molar-refractivity contribution in [2.24, 2.45) is 0 Å². The van der Waals surface area contributed by atoms with E-state index >= 15 is 0 Å². The second-order valence-electron chi connectivity index (χ2n) is 8.51. The van der Waals surface area contributed by atoms with Crippen molar-refractivity contribution in [1.82, 2.24) is 15.3 Å². The molecule has 5 rings (SSSR count). The molecule has 1 aromatic carbocycles. The van der Waals surface area contributed by atoms with Gasteiger partial charge >= 0.3 is 0 Å². The highest BCUT2D eigenvalue weighted by molar-refractivity contribution is 5.82. The van der Waals surface area contributed by atoms with Crippen LogP contribution in [0.1, 0.15) is 33.5 Å². The van der Waals surface area contributed by atoms with Gasteiger partial charge in [-0.3, -0.25) is 4.79 Å². The summed E-state index contributed by atoms with van der Waals surface area (Å²) in [4.78, 5) is 20.7. The van der Waals surface area contributed by atoms with Gasteiger partial charge in [0, 0.05) is 0 Å². The minimum atomic E-state index is -0.884. The Balaban J connectivity index is 1.33. The van der Waals surface area contributed by atoms with Gasteiger partial charge in [-0.1, -0.05) is 12.1 Å². The van der Waals surface area contributed by atoms with E-state index < -0.39 is 42.3 Å². The molecule has 5 atom stereocenters. The predicted molar refractivity (Wildman–Crippen MR) is 100 cm³/mol. The molecule has 0 unspecified atom stereocenters. The highest BCUT2D eigenvalue weighted by atomic mass is 16.9. The molecule has 3 aliphatic heterocycles. The third kappa shape index (κ3) is 3.43. The van der Waals surface area contributed by atoms with Gasteiger partial charge in [-0.25, -0.2) is 4.98 Å². The smallest absolute Gasteiger partial charge is 0.252 e. The Kier molecular flexibility index (Phi) is 4.24. The summed E-state index contributed by atoms with van der Waals surface area (Å²) in [6, 6.07) is 7.70. The number of benzene rings is 1. The van der Waals surface area contributed by atoms with Gasteiger partial charge in [0.1, 0.15) is 24.1 Å². The number of nitrogens with one attached hydrogen (secondary N) is 2. The van der Waals surface area contributed by atoms with Gasteiger partial charge in [0.05, 0.1) is 17.6 Å². The summed E-state index contributed by atoms with van der Waals surface area (Å²) in [6.07, 6.45) is -3.11. The Morgan fingerprint density at radius 1 is 1.03 bits per heavy atom. The minimum absolute atomic E-state index is 0.242. The molecule has 0 saturated carbocycles. The molecular weight excluding hydrogens is 378 g/mol. The Hall–Kier alpha value is -2.04. The van der Waals surface area contributed by atoms with E-state index in [0.717, 1.165) is 11.0 Å². The molecule has 9 nitrogen and oxygen atoms in total. The van der Waals surface area contributed by atoms with Gasteiger partial charge in [-0.15, -0.1) is 0 Å². The highest BCUT2D eigenvalue weighted by Gasteiger charge is 2.62. The van der Waals surface area contributed by atoms with E-state index in [1.54, 1.807) is 13.8 Å². The SMILES string of the molecule is CC1(C)O[C@H]2[C@@H](O1)[C@H](C(=O)NCc1nc3ccccc3[nH]1)O[C@H]1OC(C)(C)O[C@@H]12. The third-order valence-corrected chi connectivity index (χ3v) is 5.28. The van der Waals surface area contributed by atoms with Crippen molar-refractivity contribution in [3.63, 3.8) is 0 Å². The molecule has 4 heterocycles. The molecular formula is C20H25N3O6. The van der Waals surface area contributed by atoms with Crippen LogP contribution in [-0.2, 0) is 35.0 Å².